The summed E-state index contributed by atoms with van der Waals surface area (Å²) in [5, 5.41) is 3.43. The van der Waals surface area contributed by atoms with Gasteiger partial charge in [0.2, 0.25) is 0 Å². The Morgan fingerprint density at radius 3 is 2.74 bits per heavy atom. The van der Waals surface area contributed by atoms with Crippen LogP contribution in [-0.4, -0.2) is 35.9 Å². The molecule has 100 valence electrons. The summed E-state index contributed by atoms with van der Waals surface area (Å²) < 4.78 is 4.46. The number of ketones is 1. The van der Waals surface area contributed by atoms with Gasteiger partial charge < -0.3 is 4.74 Å². The molecule has 1 atom stereocenters. The monoisotopic (exact) mass is 298 g/mol. The molecule has 1 heterocycles. The van der Waals surface area contributed by atoms with Crippen molar-refractivity contribution >= 4 is 40.4 Å². The van der Waals surface area contributed by atoms with Gasteiger partial charge >= 0.3 is 6.09 Å². The first kappa shape index (κ1) is 13.9. The molecule has 0 aromatic heterocycles. The number of rotatable bonds is 2. The quantitative estimate of drug-likeness (QED) is 0.851. The fourth-order valence-corrected chi connectivity index (χ4v) is 2.55. The van der Waals surface area contributed by atoms with Crippen LogP contribution in [0.1, 0.15) is 10.4 Å². The van der Waals surface area contributed by atoms with Gasteiger partial charge in [0.15, 0.2) is 11.0 Å². The lowest BCUT2D eigenvalue weighted by molar-refractivity contribution is 0.0971. The van der Waals surface area contributed by atoms with E-state index in [1.54, 1.807) is 24.3 Å². The van der Waals surface area contributed by atoms with E-state index in [9.17, 15) is 9.59 Å². The van der Waals surface area contributed by atoms with Crippen molar-refractivity contribution in [1.82, 2.24) is 5.32 Å². The van der Waals surface area contributed by atoms with E-state index in [-0.39, 0.29) is 5.78 Å². The normalized spacial score (nSPS) is 17.8. The molecule has 1 aromatic carbocycles. The molecule has 0 fully saturated rings. The fourth-order valence-electron chi connectivity index (χ4n) is 1.52. The fraction of sp³-hybridized carbons (Fsp3) is 0.250. The van der Waals surface area contributed by atoms with Crippen molar-refractivity contribution in [3.05, 3.63) is 34.9 Å². The van der Waals surface area contributed by atoms with Crippen molar-refractivity contribution in [2.75, 3.05) is 12.9 Å². The second kappa shape index (κ2) is 6.08. The highest BCUT2D eigenvalue weighted by atomic mass is 35.5. The van der Waals surface area contributed by atoms with E-state index in [4.69, 9.17) is 11.6 Å². The molecule has 0 bridgehead atoms. The zero-order chi connectivity index (χ0) is 13.8. The van der Waals surface area contributed by atoms with Gasteiger partial charge in [0.1, 0.15) is 6.04 Å². The molecule has 0 saturated carbocycles. The first-order chi connectivity index (χ1) is 9.10. The topological polar surface area (TPSA) is 67.8 Å². The summed E-state index contributed by atoms with van der Waals surface area (Å²) in [4.78, 5) is 27.3. The van der Waals surface area contributed by atoms with E-state index in [0.717, 1.165) is 0 Å². The molecule has 19 heavy (non-hydrogen) atoms. The molecule has 0 saturated heterocycles. The summed E-state index contributed by atoms with van der Waals surface area (Å²) in [7, 11) is 1.27. The second-order valence-corrected chi connectivity index (χ2v) is 5.19. The molecular formula is C12H11ClN2O3S. The Morgan fingerprint density at radius 2 is 2.11 bits per heavy atom. The van der Waals surface area contributed by atoms with Crippen LogP contribution in [0.2, 0.25) is 5.02 Å². The molecule has 5 nitrogen and oxygen atoms in total. The van der Waals surface area contributed by atoms with Crippen molar-refractivity contribution in [2.45, 2.75) is 6.04 Å². The van der Waals surface area contributed by atoms with Gasteiger partial charge in [-0.1, -0.05) is 23.4 Å². The summed E-state index contributed by atoms with van der Waals surface area (Å²) in [5.74, 6) is 0.409. The number of amides is 1. The van der Waals surface area contributed by atoms with Gasteiger partial charge in [0.05, 0.1) is 7.11 Å². The van der Waals surface area contributed by atoms with Crippen LogP contribution >= 0.6 is 23.4 Å². The largest absolute Gasteiger partial charge is 0.453 e. The number of halogens is 1. The lowest BCUT2D eigenvalue weighted by atomic mass is 10.1. The van der Waals surface area contributed by atoms with Gasteiger partial charge in [-0.25, -0.2) is 9.79 Å². The van der Waals surface area contributed by atoms with Gasteiger partial charge in [0, 0.05) is 16.3 Å². The highest BCUT2D eigenvalue weighted by Crippen LogP contribution is 2.21. The average molecular weight is 299 g/mol. The van der Waals surface area contributed by atoms with Crippen molar-refractivity contribution in [3.8, 4) is 0 Å². The SMILES string of the molecule is COC(=O)NC1=NC(C(=O)c2ccc(Cl)cc2)CS1. The van der Waals surface area contributed by atoms with Gasteiger partial charge in [-0.15, -0.1) is 0 Å². The first-order valence-corrected chi connectivity index (χ1v) is 6.82. The molecule has 7 heteroatoms. The van der Waals surface area contributed by atoms with Crippen LogP contribution in [0.4, 0.5) is 4.79 Å². The Balaban J connectivity index is 2.05. The lowest BCUT2D eigenvalue weighted by Crippen LogP contribution is -2.27. The van der Waals surface area contributed by atoms with Gasteiger partial charge in [0.25, 0.3) is 0 Å². The van der Waals surface area contributed by atoms with E-state index in [2.05, 4.69) is 15.0 Å². The summed E-state index contributed by atoms with van der Waals surface area (Å²) >= 11 is 7.08. The number of alkyl carbamates (subject to hydrolysis) is 1. The number of hydrogen-bond donors (Lipinski definition) is 1. The number of thioether (sulfide) groups is 1. The zero-order valence-electron chi connectivity index (χ0n) is 10.1. The number of carbonyl (C=O) groups is 2. The van der Waals surface area contributed by atoms with Gasteiger partial charge in [-0.05, 0) is 24.3 Å². The molecule has 0 spiro atoms. The molecule has 0 aliphatic carbocycles. The van der Waals surface area contributed by atoms with Crippen LogP contribution in [0.3, 0.4) is 0 Å². The Morgan fingerprint density at radius 1 is 1.42 bits per heavy atom. The summed E-state index contributed by atoms with van der Waals surface area (Å²) in [6.07, 6.45) is -0.592. The number of nitrogens with one attached hydrogen (secondary N) is 1. The Hall–Kier alpha value is -1.53. The minimum atomic E-state index is -0.592. The Kier molecular flexibility index (Phi) is 4.44. The molecule has 1 aliphatic heterocycles. The van der Waals surface area contributed by atoms with Crippen LogP contribution in [0, 0.1) is 0 Å². The summed E-state index contributed by atoms with van der Waals surface area (Å²) in [6.45, 7) is 0. The molecule has 1 unspecified atom stereocenters. The maximum Gasteiger partial charge on any atom is 0.412 e. The standard InChI is InChI=1S/C12H11ClN2O3S/c1-18-12(17)15-11-14-9(6-19-11)10(16)7-2-4-8(13)5-3-7/h2-5,9H,6H2,1H3,(H,14,15,17). The van der Waals surface area contributed by atoms with E-state index in [1.165, 1.54) is 18.9 Å². The van der Waals surface area contributed by atoms with Crippen molar-refractivity contribution in [1.29, 1.82) is 0 Å². The number of methoxy groups -OCH3 is 1. The number of Topliss-reactive ketones (excluding diaryl/α,β-unsaturated/α-hetero) is 1. The van der Waals surface area contributed by atoms with Crippen molar-refractivity contribution < 1.29 is 14.3 Å². The minimum Gasteiger partial charge on any atom is -0.453 e. The first-order valence-electron chi connectivity index (χ1n) is 5.45. The minimum absolute atomic E-state index is 0.0918. The molecule has 1 aromatic rings. The maximum atomic E-state index is 12.2. The number of amidine groups is 1. The third-order valence-electron chi connectivity index (χ3n) is 2.48. The molecule has 0 radical (unpaired) electrons. The predicted octanol–water partition coefficient (Wildman–Crippen LogP) is 2.35. The van der Waals surface area contributed by atoms with E-state index in [1.807, 2.05) is 0 Å². The van der Waals surface area contributed by atoms with Crippen molar-refractivity contribution in [3.63, 3.8) is 0 Å². The van der Waals surface area contributed by atoms with Crippen LogP contribution in [0.5, 0.6) is 0 Å². The van der Waals surface area contributed by atoms with Crippen LogP contribution in [-0.2, 0) is 4.74 Å². The number of aliphatic imine (C=N–C) groups is 1. The second-order valence-electron chi connectivity index (χ2n) is 3.75. The molecule has 2 rings (SSSR count). The smallest absolute Gasteiger partial charge is 0.412 e. The van der Waals surface area contributed by atoms with E-state index in [0.29, 0.717) is 21.5 Å². The number of carbonyl (C=O) groups excluding carboxylic acids is 2. The zero-order valence-corrected chi connectivity index (χ0v) is 11.6. The summed E-state index contributed by atoms with van der Waals surface area (Å²) in [6, 6.07) is 6.16. The predicted molar refractivity (Wildman–Crippen MR) is 75.0 cm³/mol. The van der Waals surface area contributed by atoms with E-state index >= 15 is 0 Å². The number of hydrogen-bond acceptors (Lipinski definition) is 5. The Bertz CT molecular complexity index is 530. The van der Waals surface area contributed by atoms with Gasteiger partial charge in [-0.3, -0.25) is 10.1 Å². The lowest BCUT2D eigenvalue weighted by Gasteiger charge is -2.04. The number of nitrogens with zero attached hydrogens (tertiary/aromatic N) is 1. The van der Waals surface area contributed by atoms with Crippen molar-refractivity contribution in [2.24, 2.45) is 4.99 Å². The van der Waals surface area contributed by atoms with Gasteiger partial charge in [-0.2, -0.15) is 0 Å². The third kappa shape index (κ3) is 3.48. The highest BCUT2D eigenvalue weighted by molar-refractivity contribution is 8.14. The van der Waals surface area contributed by atoms with Crippen LogP contribution < -0.4 is 5.32 Å². The maximum absolute atomic E-state index is 12.2. The molecule has 1 N–H and O–H groups in total. The average Bonchev–Trinajstić information content (AvgIpc) is 2.87. The number of benzene rings is 1. The van der Waals surface area contributed by atoms with E-state index < -0.39 is 12.1 Å². The molecular weight excluding hydrogens is 288 g/mol. The van der Waals surface area contributed by atoms with Crippen LogP contribution in [0.15, 0.2) is 29.3 Å². The third-order valence-corrected chi connectivity index (χ3v) is 3.69. The van der Waals surface area contributed by atoms with Crippen LogP contribution in [0.25, 0.3) is 0 Å². The Labute approximate surface area is 119 Å². The molecule has 1 amide bonds. The number of ether oxygens (including phenoxy) is 1. The molecule has 1 aliphatic rings. The summed E-state index contributed by atoms with van der Waals surface area (Å²) in [5.41, 5.74) is 0.554. The highest BCUT2D eigenvalue weighted by Gasteiger charge is 2.26.